The van der Waals surface area contributed by atoms with Crippen molar-refractivity contribution in [3.8, 4) is 0 Å². The number of aromatic carboxylic acids is 1. The number of rotatable bonds is 5. The Hall–Kier alpha value is -1.06. The molecule has 1 aromatic rings. The van der Waals surface area contributed by atoms with E-state index in [4.69, 9.17) is 11.6 Å². The Bertz CT molecular complexity index is 595. The van der Waals surface area contributed by atoms with Crippen LogP contribution in [0.5, 0.6) is 0 Å². The summed E-state index contributed by atoms with van der Waals surface area (Å²) in [5.74, 6) is 1.70. The van der Waals surface area contributed by atoms with Crippen molar-refractivity contribution in [2.24, 2.45) is 17.8 Å². The average Bonchev–Trinajstić information content (AvgIpc) is 3.40. The van der Waals surface area contributed by atoms with E-state index in [-0.39, 0.29) is 0 Å². The Morgan fingerprint density at radius 3 is 2.55 bits per heavy atom. The lowest BCUT2D eigenvalue weighted by Gasteiger charge is -2.25. The molecule has 0 amide bonds. The molecule has 0 radical (unpaired) electrons. The fourth-order valence-corrected chi connectivity index (χ4v) is 4.39. The van der Waals surface area contributed by atoms with Gasteiger partial charge in [0.2, 0.25) is 0 Å². The Balaban J connectivity index is 1.57. The number of halogens is 1. The molecule has 118 valence electrons. The van der Waals surface area contributed by atoms with Crippen molar-refractivity contribution in [1.29, 1.82) is 0 Å². The van der Waals surface area contributed by atoms with Crippen LogP contribution in [0, 0.1) is 17.8 Å². The summed E-state index contributed by atoms with van der Waals surface area (Å²) in [5.41, 5.74) is 1.15. The predicted molar refractivity (Wildman–Crippen MR) is 86.2 cm³/mol. The first-order valence-corrected chi connectivity index (χ1v) is 8.76. The van der Waals surface area contributed by atoms with Gasteiger partial charge in [-0.25, -0.2) is 4.79 Å². The number of hydrogen-bond donors (Lipinski definition) is 1. The minimum atomic E-state index is -0.876. The standard InChI is InChI=1S/C18H22ClNO2/c19-16-3-1-2-14(18(21)22)15(16)10-20-9-13(11-4-5-11)8-17(20)12-6-7-12/h1-3,11-13,17H,4-10H2,(H,21,22)/t13-,17-/m1/s1. The highest BCUT2D eigenvalue weighted by Crippen LogP contribution is 2.49. The van der Waals surface area contributed by atoms with E-state index in [1.165, 1.54) is 32.1 Å². The SMILES string of the molecule is O=C(O)c1cccc(Cl)c1CN1C[C@H](C2CC2)C[C@@H]1C1CC1. The fraction of sp³-hybridized carbons (Fsp3) is 0.611. The van der Waals surface area contributed by atoms with Crippen LogP contribution >= 0.6 is 11.6 Å². The first kappa shape index (κ1) is 14.5. The summed E-state index contributed by atoms with van der Waals surface area (Å²) >= 11 is 6.32. The largest absolute Gasteiger partial charge is 0.478 e. The van der Waals surface area contributed by atoms with Crippen molar-refractivity contribution in [3.05, 3.63) is 34.3 Å². The number of nitrogens with zero attached hydrogens (tertiary/aromatic N) is 1. The monoisotopic (exact) mass is 319 g/mol. The van der Waals surface area contributed by atoms with Crippen molar-refractivity contribution in [3.63, 3.8) is 0 Å². The van der Waals surface area contributed by atoms with E-state index < -0.39 is 5.97 Å². The van der Waals surface area contributed by atoms with Crippen LogP contribution in [-0.4, -0.2) is 28.6 Å². The lowest BCUT2D eigenvalue weighted by molar-refractivity contribution is 0.0694. The van der Waals surface area contributed by atoms with E-state index >= 15 is 0 Å². The fourth-order valence-electron chi connectivity index (χ4n) is 4.16. The van der Waals surface area contributed by atoms with E-state index in [9.17, 15) is 9.90 Å². The van der Waals surface area contributed by atoms with Gasteiger partial charge in [0.1, 0.15) is 0 Å². The molecule has 4 rings (SSSR count). The van der Waals surface area contributed by atoms with Crippen molar-refractivity contribution >= 4 is 17.6 Å². The minimum Gasteiger partial charge on any atom is -0.478 e. The molecule has 2 atom stereocenters. The molecule has 1 heterocycles. The van der Waals surface area contributed by atoms with Gasteiger partial charge in [-0.2, -0.15) is 0 Å². The van der Waals surface area contributed by atoms with Gasteiger partial charge in [0, 0.05) is 24.2 Å². The third kappa shape index (κ3) is 2.77. The molecular formula is C18H22ClNO2. The van der Waals surface area contributed by atoms with Gasteiger partial charge in [-0.05, 0) is 67.6 Å². The highest BCUT2D eigenvalue weighted by atomic mass is 35.5. The number of carbonyl (C=O) groups is 1. The Labute approximate surface area is 136 Å². The summed E-state index contributed by atoms with van der Waals surface area (Å²) in [7, 11) is 0. The number of carboxylic acid groups (broad SMARTS) is 1. The van der Waals surface area contributed by atoms with Crippen LogP contribution in [0.2, 0.25) is 5.02 Å². The van der Waals surface area contributed by atoms with Crippen LogP contribution in [0.15, 0.2) is 18.2 Å². The maximum atomic E-state index is 11.5. The quantitative estimate of drug-likeness (QED) is 0.890. The van der Waals surface area contributed by atoms with Crippen LogP contribution < -0.4 is 0 Å². The van der Waals surface area contributed by atoms with E-state index in [1.54, 1.807) is 12.1 Å². The molecule has 1 aromatic carbocycles. The summed E-state index contributed by atoms with van der Waals surface area (Å²) in [4.78, 5) is 14.0. The molecule has 0 spiro atoms. The molecule has 1 N–H and O–H groups in total. The number of benzene rings is 1. The summed E-state index contributed by atoms with van der Waals surface area (Å²) < 4.78 is 0. The molecule has 3 fully saturated rings. The number of carboxylic acids is 1. The molecule has 0 aromatic heterocycles. The van der Waals surface area contributed by atoms with Crippen LogP contribution in [0.25, 0.3) is 0 Å². The maximum absolute atomic E-state index is 11.5. The molecule has 1 saturated heterocycles. The van der Waals surface area contributed by atoms with Gasteiger partial charge in [-0.15, -0.1) is 0 Å². The van der Waals surface area contributed by atoms with Gasteiger partial charge in [-0.1, -0.05) is 17.7 Å². The lowest BCUT2D eigenvalue weighted by Crippen LogP contribution is -2.31. The van der Waals surface area contributed by atoms with Crippen molar-refractivity contribution < 1.29 is 9.90 Å². The van der Waals surface area contributed by atoms with E-state index in [2.05, 4.69) is 4.90 Å². The Kier molecular flexibility index (Phi) is 3.66. The molecule has 0 bridgehead atoms. The summed E-state index contributed by atoms with van der Waals surface area (Å²) in [5, 5.41) is 10.0. The van der Waals surface area contributed by atoms with Crippen LogP contribution in [0.3, 0.4) is 0 Å². The minimum absolute atomic E-state index is 0.358. The molecule has 2 saturated carbocycles. The van der Waals surface area contributed by atoms with E-state index in [1.807, 2.05) is 6.07 Å². The third-order valence-electron chi connectivity index (χ3n) is 5.65. The first-order chi connectivity index (χ1) is 10.6. The second-order valence-corrected chi connectivity index (χ2v) is 7.65. The zero-order chi connectivity index (χ0) is 15.3. The zero-order valence-corrected chi connectivity index (χ0v) is 13.4. The van der Waals surface area contributed by atoms with Gasteiger partial charge in [0.25, 0.3) is 0 Å². The molecular weight excluding hydrogens is 298 g/mol. The van der Waals surface area contributed by atoms with Crippen molar-refractivity contribution in [2.75, 3.05) is 6.54 Å². The third-order valence-corrected chi connectivity index (χ3v) is 6.00. The number of likely N-dealkylation sites (tertiary alicyclic amines) is 1. The zero-order valence-electron chi connectivity index (χ0n) is 12.7. The molecule has 1 aliphatic heterocycles. The lowest BCUT2D eigenvalue weighted by atomic mass is 9.98. The summed E-state index contributed by atoms with van der Waals surface area (Å²) in [6, 6.07) is 5.85. The van der Waals surface area contributed by atoms with Gasteiger partial charge < -0.3 is 5.11 Å². The van der Waals surface area contributed by atoms with Crippen LogP contribution in [-0.2, 0) is 6.54 Å². The second kappa shape index (κ2) is 5.54. The molecule has 2 aliphatic carbocycles. The molecule has 3 nitrogen and oxygen atoms in total. The summed E-state index contributed by atoms with van der Waals surface area (Å²) in [6.45, 7) is 1.81. The van der Waals surface area contributed by atoms with Crippen LogP contribution in [0.4, 0.5) is 0 Å². The molecule has 4 heteroatoms. The van der Waals surface area contributed by atoms with E-state index in [0.29, 0.717) is 23.2 Å². The number of hydrogen-bond acceptors (Lipinski definition) is 2. The van der Waals surface area contributed by atoms with Crippen molar-refractivity contribution in [1.82, 2.24) is 4.90 Å². The van der Waals surface area contributed by atoms with Crippen molar-refractivity contribution in [2.45, 2.75) is 44.7 Å². The molecule has 3 aliphatic rings. The Morgan fingerprint density at radius 1 is 1.18 bits per heavy atom. The highest BCUT2D eigenvalue weighted by molar-refractivity contribution is 6.31. The average molecular weight is 320 g/mol. The smallest absolute Gasteiger partial charge is 0.336 e. The highest BCUT2D eigenvalue weighted by Gasteiger charge is 2.46. The predicted octanol–water partition coefficient (Wildman–Crippen LogP) is 4.05. The second-order valence-electron chi connectivity index (χ2n) is 7.24. The Morgan fingerprint density at radius 2 is 1.91 bits per heavy atom. The summed E-state index contributed by atoms with van der Waals surface area (Å²) in [6.07, 6.45) is 6.77. The normalized spacial score (nSPS) is 29.0. The van der Waals surface area contributed by atoms with Gasteiger partial charge >= 0.3 is 5.97 Å². The van der Waals surface area contributed by atoms with E-state index in [0.717, 1.165) is 29.9 Å². The maximum Gasteiger partial charge on any atom is 0.336 e. The van der Waals surface area contributed by atoms with Gasteiger partial charge in [-0.3, -0.25) is 4.90 Å². The van der Waals surface area contributed by atoms with Gasteiger partial charge in [0.15, 0.2) is 0 Å². The molecule has 22 heavy (non-hydrogen) atoms. The van der Waals surface area contributed by atoms with Gasteiger partial charge in [0.05, 0.1) is 5.56 Å². The molecule has 0 unspecified atom stereocenters. The topological polar surface area (TPSA) is 40.5 Å². The van der Waals surface area contributed by atoms with Crippen LogP contribution in [0.1, 0.15) is 48.0 Å². The first-order valence-electron chi connectivity index (χ1n) is 8.38.